The standard InChI is InChI=1S/C51H33N3O/c1-4-14-34(15-5-1)38-30-46(35-16-6-2-7-17-35)52-51(31-38)54-48-23-13-11-21-41(48)43-29-37(25-27-50(43)54)45-33-55-32-44(45)36-24-26-49-42(28-36)40-20-10-12-22-47(40)53(49)39-18-8-3-9-19-39/h1-33H. The number of benzene rings is 7. The third kappa shape index (κ3) is 5.11. The smallest absolute Gasteiger partial charge is 0.138 e. The third-order valence-electron chi connectivity index (χ3n) is 10.9. The van der Waals surface area contributed by atoms with Crippen LogP contribution in [0.15, 0.2) is 205 Å². The Hall–Kier alpha value is -7.43. The summed E-state index contributed by atoms with van der Waals surface area (Å²) in [4.78, 5) is 5.31. The fourth-order valence-corrected chi connectivity index (χ4v) is 8.31. The van der Waals surface area contributed by atoms with Gasteiger partial charge >= 0.3 is 0 Å². The summed E-state index contributed by atoms with van der Waals surface area (Å²) in [5.41, 5.74) is 14.4. The van der Waals surface area contributed by atoms with Crippen LogP contribution in [0.2, 0.25) is 0 Å². The van der Waals surface area contributed by atoms with Crippen molar-refractivity contribution in [2.24, 2.45) is 0 Å². The van der Waals surface area contributed by atoms with E-state index in [0.29, 0.717) is 0 Å². The summed E-state index contributed by atoms with van der Waals surface area (Å²) in [6.07, 6.45) is 3.76. The lowest BCUT2D eigenvalue weighted by Gasteiger charge is -2.13. The number of nitrogens with zero attached hydrogens (tertiary/aromatic N) is 3. The van der Waals surface area contributed by atoms with Crippen molar-refractivity contribution in [1.29, 1.82) is 0 Å². The van der Waals surface area contributed by atoms with Crippen molar-refractivity contribution in [1.82, 2.24) is 14.1 Å². The van der Waals surface area contributed by atoms with Crippen molar-refractivity contribution in [2.45, 2.75) is 0 Å². The van der Waals surface area contributed by atoms with Crippen molar-refractivity contribution >= 4 is 43.6 Å². The van der Waals surface area contributed by atoms with E-state index >= 15 is 0 Å². The summed E-state index contributed by atoms with van der Waals surface area (Å²) in [5, 5.41) is 4.77. The zero-order valence-corrected chi connectivity index (χ0v) is 29.8. The molecule has 0 unspecified atom stereocenters. The van der Waals surface area contributed by atoms with Crippen molar-refractivity contribution in [3.8, 4) is 56.1 Å². The molecule has 0 amide bonds. The molecule has 0 bridgehead atoms. The van der Waals surface area contributed by atoms with Gasteiger partial charge in [0.1, 0.15) is 5.82 Å². The molecule has 0 N–H and O–H groups in total. The van der Waals surface area contributed by atoms with Gasteiger partial charge in [-0.3, -0.25) is 4.57 Å². The molecule has 4 aromatic heterocycles. The van der Waals surface area contributed by atoms with Crippen LogP contribution in [-0.4, -0.2) is 14.1 Å². The van der Waals surface area contributed by atoms with E-state index in [2.05, 4.69) is 191 Å². The maximum Gasteiger partial charge on any atom is 0.138 e. The lowest BCUT2D eigenvalue weighted by Crippen LogP contribution is -2.00. The molecule has 0 saturated heterocycles. The molecule has 0 aliphatic rings. The molecule has 11 aromatic rings. The Labute approximate surface area is 317 Å². The highest BCUT2D eigenvalue weighted by atomic mass is 16.3. The largest absolute Gasteiger partial charge is 0.471 e. The van der Waals surface area contributed by atoms with Crippen LogP contribution in [0.25, 0.3) is 99.8 Å². The number of aromatic nitrogens is 3. The molecule has 0 aliphatic carbocycles. The Morgan fingerprint density at radius 2 is 0.836 bits per heavy atom. The van der Waals surface area contributed by atoms with Gasteiger partial charge in [0, 0.05) is 43.9 Å². The average molecular weight is 704 g/mol. The van der Waals surface area contributed by atoms with Gasteiger partial charge in [-0.2, -0.15) is 0 Å². The summed E-state index contributed by atoms with van der Waals surface area (Å²) in [5.74, 6) is 0.881. The summed E-state index contributed by atoms with van der Waals surface area (Å²) >= 11 is 0. The van der Waals surface area contributed by atoms with Gasteiger partial charge in [0.15, 0.2) is 0 Å². The number of hydrogen-bond donors (Lipinski definition) is 0. The summed E-state index contributed by atoms with van der Waals surface area (Å²) in [7, 11) is 0. The van der Waals surface area contributed by atoms with Gasteiger partial charge < -0.3 is 8.98 Å². The topological polar surface area (TPSA) is 35.9 Å². The van der Waals surface area contributed by atoms with E-state index in [1.165, 1.54) is 27.2 Å². The monoisotopic (exact) mass is 703 g/mol. The maximum atomic E-state index is 5.99. The summed E-state index contributed by atoms with van der Waals surface area (Å²) in [6.45, 7) is 0. The normalized spacial score (nSPS) is 11.6. The second-order valence-electron chi connectivity index (χ2n) is 14.0. The Morgan fingerprint density at radius 3 is 1.45 bits per heavy atom. The quantitative estimate of drug-likeness (QED) is 0.173. The first-order valence-corrected chi connectivity index (χ1v) is 18.6. The zero-order valence-electron chi connectivity index (χ0n) is 29.8. The van der Waals surface area contributed by atoms with E-state index in [4.69, 9.17) is 9.40 Å². The Morgan fingerprint density at radius 1 is 0.345 bits per heavy atom. The molecule has 7 aromatic carbocycles. The number of pyridine rings is 1. The lowest BCUT2D eigenvalue weighted by atomic mass is 9.96. The van der Waals surface area contributed by atoms with Gasteiger partial charge in [0.05, 0.1) is 40.3 Å². The molecule has 4 heteroatoms. The van der Waals surface area contributed by atoms with E-state index in [0.717, 1.165) is 72.6 Å². The van der Waals surface area contributed by atoms with Crippen LogP contribution in [0.3, 0.4) is 0 Å². The first kappa shape index (κ1) is 31.1. The Balaban J connectivity index is 1.07. The van der Waals surface area contributed by atoms with Crippen molar-refractivity contribution in [2.75, 3.05) is 0 Å². The minimum atomic E-state index is 0.881. The molecule has 0 aliphatic heterocycles. The first-order valence-electron chi connectivity index (χ1n) is 18.6. The lowest BCUT2D eigenvalue weighted by molar-refractivity contribution is 0.569. The molecular weight excluding hydrogens is 671 g/mol. The van der Waals surface area contributed by atoms with E-state index in [1.807, 2.05) is 18.6 Å². The zero-order chi connectivity index (χ0) is 36.3. The summed E-state index contributed by atoms with van der Waals surface area (Å²) < 4.78 is 10.6. The van der Waals surface area contributed by atoms with Crippen LogP contribution in [0.1, 0.15) is 0 Å². The predicted octanol–water partition coefficient (Wildman–Crippen LogP) is 13.5. The van der Waals surface area contributed by atoms with Crippen LogP contribution in [-0.2, 0) is 0 Å². The molecule has 0 saturated carbocycles. The number of fused-ring (bicyclic) bond motifs is 6. The van der Waals surface area contributed by atoms with Crippen LogP contribution in [0, 0.1) is 0 Å². The highest BCUT2D eigenvalue weighted by Gasteiger charge is 2.19. The molecule has 55 heavy (non-hydrogen) atoms. The molecular formula is C51H33N3O. The van der Waals surface area contributed by atoms with E-state index in [-0.39, 0.29) is 0 Å². The molecule has 11 rings (SSSR count). The van der Waals surface area contributed by atoms with Crippen molar-refractivity contribution in [3.63, 3.8) is 0 Å². The minimum Gasteiger partial charge on any atom is -0.471 e. The maximum absolute atomic E-state index is 5.99. The molecule has 0 atom stereocenters. The SMILES string of the molecule is c1ccc(-c2cc(-c3ccccc3)nc(-n3c4ccccc4c4cc(-c5cocc5-c5ccc6c(c5)c5ccccc5n6-c5ccccc5)ccc43)c2)cc1. The number of hydrogen-bond acceptors (Lipinski definition) is 2. The third-order valence-corrected chi connectivity index (χ3v) is 10.9. The highest BCUT2D eigenvalue weighted by Crippen LogP contribution is 2.41. The molecule has 0 radical (unpaired) electrons. The molecule has 4 nitrogen and oxygen atoms in total. The number of furan rings is 1. The van der Waals surface area contributed by atoms with Crippen LogP contribution < -0.4 is 0 Å². The summed E-state index contributed by atoms with van der Waals surface area (Å²) in [6, 6.07) is 66.8. The fraction of sp³-hybridized carbons (Fsp3) is 0. The van der Waals surface area contributed by atoms with Gasteiger partial charge in [0.25, 0.3) is 0 Å². The van der Waals surface area contributed by atoms with Crippen molar-refractivity contribution < 1.29 is 4.42 Å². The number of para-hydroxylation sites is 3. The van der Waals surface area contributed by atoms with Gasteiger partial charge in [-0.05, 0) is 82.9 Å². The van der Waals surface area contributed by atoms with Crippen molar-refractivity contribution in [3.05, 3.63) is 201 Å². The van der Waals surface area contributed by atoms with E-state index < -0.39 is 0 Å². The second-order valence-corrected chi connectivity index (χ2v) is 14.0. The van der Waals surface area contributed by atoms with E-state index in [1.54, 1.807) is 0 Å². The van der Waals surface area contributed by atoms with Gasteiger partial charge in [-0.15, -0.1) is 0 Å². The van der Waals surface area contributed by atoms with Gasteiger partial charge in [-0.25, -0.2) is 4.98 Å². The Bertz CT molecular complexity index is 3130. The fourth-order valence-electron chi connectivity index (χ4n) is 8.31. The number of rotatable bonds is 6. The molecule has 258 valence electrons. The van der Waals surface area contributed by atoms with Gasteiger partial charge in [0.2, 0.25) is 0 Å². The predicted molar refractivity (Wildman–Crippen MR) is 227 cm³/mol. The Kier molecular flexibility index (Phi) is 7.14. The van der Waals surface area contributed by atoms with Crippen LogP contribution in [0.4, 0.5) is 0 Å². The average Bonchev–Trinajstić information content (AvgIpc) is 3.97. The molecule has 4 heterocycles. The second kappa shape index (κ2) is 12.6. The van der Waals surface area contributed by atoms with Gasteiger partial charge in [-0.1, -0.05) is 127 Å². The molecule has 0 fully saturated rings. The minimum absolute atomic E-state index is 0.881. The van der Waals surface area contributed by atoms with Crippen LogP contribution >= 0.6 is 0 Å². The first-order chi connectivity index (χ1) is 27.3. The van der Waals surface area contributed by atoms with E-state index in [9.17, 15) is 0 Å². The highest BCUT2D eigenvalue weighted by molar-refractivity contribution is 6.12. The van der Waals surface area contributed by atoms with Crippen LogP contribution in [0.5, 0.6) is 0 Å². The molecule has 0 spiro atoms.